The Balaban J connectivity index is 2.02. The maximum absolute atomic E-state index is 11.9. The number of thiophene rings is 1. The number of para-hydroxylation sites is 1. The second-order valence-electron chi connectivity index (χ2n) is 4.46. The maximum Gasteiger partial charge on any atom is 0.262 e. The number of amides is 1. The van der Waals surface area contributed by atoms with Crippen LogP contribution >= 0.6 is 11.3 Å². The number of aryl methyl sites for hydroxylation is 1. The van der Waals surface area contributed by atoms with Crippen LogP contribution in [0.2, 0.25) is 0 Å². The molecule has 1 heterocycles. The minimum absolute atomic E-state index is 0.0761. The Morgan fingerprint density at radius 1 is 1.38 bits per heavy atom. The van der Waals surface area contributed by atoms with E-state index in [9.17, 15) is 10.1 Å². The molecule has 0 saturated heterocycles. The highest BCUT2D eigenvalue weighted by Crippen LogP contribution is 2.32. The first-order valence-corrected chi connectivity index (χ1v) is 7.47. The molecule has 1 aromatic carbocycles. The van der Waals surface area contributed by atoms with Gasteiger partial charge in [-0.15, -0.1) is 11.3 Å². The summed E-state index contributed by atoms with van der Waals surface area (Å²) < 4.78 is 5.39. The summed E-state index contributed by atoms with van der Waals surface area (Å²) in [7, 11) is 0. The molecule has 0 atom stereocenters. The summed E-state index contributed by atoms with van der Waals surface area (Å²) in [6.07, 6.45) is 0.779. The molecule has 0 aliphatic rings. The third-order valence-corrected chi connectivity index (χ3v) is 4.10. The first-order valence-electron chi connectivity index (χ1n) is 6.65. The van der Waals surface area contributed by atoms with Crippen molar-refractivity contribution in [3.8, 4) is 11.8 Å². The van der Waals surface area contributed by atoms with Crippen molar-refractivity contribution in [3.05, 3.63) is 46.3 Å². The van der Waals surface area contributed by atoms with Gasteiger partial charge in [0.15, 0.2) is 6.61 Å². The van der Waals surface area contributed by atoms with Gasteiger partial charge in [-0.2, -0.15) is 5.26 Å². The first kappa shape index (κ1) is 15.1. The molecule has 1 amide bonds. The van der Waals surface area contributed by atoms with Crippen LogP contribution in [0.5, 0.6) is 5.75 Å². The number of carbonyl (C=O) groups is 1. The maximum atomic E-state index is 11.9. The highest BCUT2D eigenvalue weighted by Gasteiger charge is 2.16. The van der Waals surface area contributed by atoms with Gasteiger partial charge in [0.25, 0.3) is 5.91 Å². The Morgan fingerprint density at radius 3 is 2.71 bits per heavy atom. The zero-order valence-electron chi connectivity index (χ0n) is 12.0. The predicted octanol–water partition coefficient (Wildman–Crippen LogP) is 3.51. The fourth-order valence-corrected chi connectivity index (χ4v) is 3.15. The highest BCUT2D eigenvalue weighted by atomic mass is 32.1. The average molecular weight is 300 g/mol. The van der Waals surface area contributed by atoms with Gasteiger partial charge >= 0.3 is 0 Å². The molecule has 2 rings (SSSR count). The molecule has 4 nitrogen and oxygen atoms in total. The molecule has 21 heavy (non-hydrogen) atoms. The van der Waals surface area contributed by atoms with E-state index in [1.165, 1.54) is 11.3 Å². The summed E-state index contributed by atoms with van der Waals surface area (Å²) in [5.41, 5.74) is 1.56. The molecule has 0 spiro atoms. The van der Waals surface area contributed by atoms with E-state index in [1.807, 2.05) is 32.0 Å². The van der Waals surface area contributed by atoms with Crippen LogP contribution in [0.25, 0.3) is 0 Å². The summed E-state index contributed by atoms with van der Waals surface area (Å²) in [5.74, 6) is 0.379. The third kappa shape index (κ3) is 3.61. The minimum atomic E-state index is -0.265. The van der Waals surface area contributed by atoms with Gasteiger partial charge in [-0.25, -0.2) is 0 Å². The van der Waals surface area contributed by atoms with Crippen LogP contribution in [-0.2, 0) is 11.2 Å². The molecule has 108 valence electrons. The van der Waals surface area contributed by atoms with Gasteiger partial charge in [-0.3, -0.25) is 4.79 Å². The minimum Gasteiger partial charge on any atom is -0.484 e. The van der Waals surface area contributed by atoms with Gasteiger partial charge in [0.2, 0.25) is 0 Å². The fraction of sp³-hybridized carbons (Fsp3) is 0.250. The van der Waals surface area contributed by atoms with Gasteiger partial charge in [0.1, 0.15) is 16.8 Å². The number of hydrogen-bond acceptors (Lipinski definition) is 4. The monoisotopic (exact) mass is 300 g/mol. The van der Waals surface area contributed by atoms with Gasteiger partial charge < -0.3 is 10.1 Å². The van der Waals surface area contributed by atoms with Crippen LogP contribution in [0.15, 0.2) is 30.3 Å². The zero-order valence-corrected chi connectivity index (χ0v) is 12.8. The fourth-order valence-electron chi connectivity index (χ4n) is 2.04. The topological polar surface area (TPSA) is 62.1 Å². The normalized spacial score (nSPS) is 9.95. The standard InChI is InChI=1S/C16H16N2O2S/c1-3-13-11(2)21-16(14(13)9-17)18-15(19)10-20-12-7-5-4-6-8-12/h4-8H,3,10H2,1-2H3,(H,18,19). The first-order chi connectivity index (χ1) is 10.2. The highest BCUT2D eigenvalue weighted by molar-refractivity contribution is 7.16. The number of hydrogen-bond donors (Lipinski definition) is 1. The van der Waals surface area contributed by atoms with Crippen LogP contribution in [0.4, 0.5) is 5.00 Å². The predicted molar refractivity (Wildman–Crippen MR) is 83.7 cm³/mol. The number of benzene rings is 1. The van der Waals surface area contributed by atoms with E-state index < -0.39 is 0 Å². The molecule has 0 bridgehead atoms. The summed E-state index contributed by atoms with van der Waals surface area (Å²) in [6.45, 7) is 3.88. The number of nitriles is 1. The van der Waals surface area contributed by atoms with Crippen molar-refractivity contribution in [2.45, 2.75) is 20.3 Å². The molecule has 0 radical (unpaired) electrons. The summed E-state index contributed by atoms with van der Waals surface area (Å²) >= 11 is 1.43. The number of rotatable bonds is 5. The van der Waals surface area contributed by atoms with Crippen molar-refractivity contribution >= 4 is 22.2 Å². The van der Waals surface area contributed by atoms with Gasteiger partial charge in [0, 0.05) is 4.88 Å². The number of carbonyl (C=O) groups excluding carboxylic acids is 1. The van der Waals surface area contributed by atoms with Crippen LogP contribution in [0.3, 0.4) is 0 Å². The quantitative estimate of drug-likeness (QED) is 0.919. The van der Waals surface area contributed by atoms with Crippen molar-refractivity contribution in [2.75, 3.05) is 11.9 Å². The molecule has 1 N–H and O–H groups in total. The summed E-state index contributed by atoms with van der Waals surface area (Å²) in [4.78, 5) is 13.0. The lowest BCUT2D eigenvalue weighted by Crippen LogP contribution is -2.20. The number of ether oxygens (including phenoxy) is 1. The van der Waals surface area contributed by atoms with E-state index in [0.717, 1.165) is 16.9 Å². The molecular formula is C16H16N2O2S. The molecule has 0 unspecified atom stereocenters. The summed E-state index contributed by atoms with van der Waals surface area (Å²) in [6, 6.07) is 11.3. The molecular weight excluding hydrogens is 284 g/mol. The van der Waals surface area contributed by atoms with Crippen LogP contribution in [0, 0.1) is 18.3 Å². The Labute approximate surface area is 128 Å². The number of nitrogens with zero attached hydrogens (tertiary/aromatic N) is 1. The van der Waals surface area contributed by atoms with Crippen molar-refractivity contribution in [3.63, 3.8) is 0 Å². The van der Waals surface area contributed by atoms with Crippen molar-refractivity contribution in [2.24, 2.45) is 0 Å². The second-order valence-corrected chi connectivity index (χ2v) is 5.68. The number of nitrogens with one attached hydrogen (secondary N) is 1. The lowest BCUT2D eigenvalue weighted by Gasteiger charge is -2.06. The van der Waals surface area contributed by atoms with Crippen LogP contribution < -0.4 is 10.1 Å². The Morgan fingerprint density at radius 2 is 2.10 bits per heavy atom. The van der Waals surface area contributed by atoms with Crippen molar-refractivity contribution in [1.29, 1.82) is 5.26 Å². The SMILES string of the molecule is CCc1c(C)sc(NC(=O)COc2ccccc2)c1C#N. The van der Waals surface area contributed by atoms with E-state index in [2.05, 4.69) is 11.4 Å². The third-order valence-electron chi connectivity index (χ3n) is 3.04. The summed E-state index contributed by atoms with van der Waals surface area (Å²) in [5, 5.41) is 12.6. The largest absolute Gasteiger partial charge is 0.484 e. The Hall–Kier alpha value is -2.32. The van der Waals surface area contributed by atoms with E-state index in [0.29, 0.717) is 16.3 Å². The molecule has 0 saturated carbocycles. The molecule has 1 aromatic heterocycles. The van der Waals surface area contributed by atoms with Crippen LogP contribution in [0.1, 0.15) is 22.9 Å². The number of anilines is 1. The van der Waals surface area contributed by atoms with E-state index in [-0.39, 0.29) is 12.5 Å². The second kappa shape index (κ2) is 6.91. The molecule has 0 fully saturated rings. The molecule has 0 aliphatic carbocycles. The molecule has 0 aliphatic heterocycles. The van der Waals surface area contributed by atoms with Gasteiger partial charge in [-0.1, -0.05) is 25.1 Å². The molecule has 5 heteroatoms. The van der Waals surface area contributed by atoms with E-state index >= 15 is 0 Å². The van der Waals surface area contributed by atoms with Gasteiger partial charge in [-0.05, 0) is 31.0 Å². The van der Waals surface area contributed by atoms with Crippen molar-refractivity contribution in [1.82, 2.24) is 0 Å². The van der Waals surface area contributed by atoms with E-state index in [4.69, 9.17) is 4.74 Å². The average Bonchev–Trinajstić information content (AvgIpc) is 2.80. The van der Waals surface area contributed by atoms with Gasteiger partial charge in [0.05, 0.1) is 5.56 Å². The van der Waals surface area contributed by atoms with Crippen LogP contribution in [-0.4, -0.2) is 12.5 Å². The molecule has 2 aromatic rings. The zero-order chi connectivity index (χ0) is 15.2. The van der Waals surface area contributed by atoms with Crippen molar-refractivity contribution < 1.29 is 9.53 Å². The smallest absolute Gasteiger partial charge is 0.262 e. The lowest BCUT2D eigenvalue weighted by atomic mass is 10.1. The Bertz CT molecular complexity index is 672. The lowest BCUT2D eigenvalue weighted by molar-refractivity contribution is -0.118. The van der Waals surface area contributed by atoms with E-state index in [1.54, 1.807) is 12.1 Å². The Kier molecular flexibility index (Phi) is 4.96.